The van der Waals surface area contributed by atoms with Gasteiger partial charge in [0.2, 0.25) is 0 Å². The number of nitrogens with zero attached hydrogens (tertiary/aromatic N) is 3. The zero-order chi connectivity index (χ0) is 18.7. The van der Waals surface area contributed by atoms with Crippen molar-refractivity contribution in [2.24, 2.45) is 5.41 Å². The molecule has 1 saturated carbocycles. The topological polar surface area (TPSA) is 59.4 Å². The lowest BCUT2D eigenvalue weighted by atomic mass is 9.93. The maximum Gasteiger partial charge on any atom is 0.261 e. The summed E-state index contributed by atoms with van der Waals surface area (Å²) in [6.45, 7) is 5.67. The number of hydrogen-bond acceptors (Lipinski definition) is 4. The maximum absolute atomic E-state index is 13.1. The summed E-state index contributed by atoms with van der Waals surface area (Å²) in [5, 5.41) is 3.43. The molecule has 6 nitrogen and oxygen atoms in total. The normalized spacial score (nSPS) is 20.4. The molecule has 1 aromatic heterocycles. The average molecular weight is 368 g/mol. The Morgan fingerprint density at radius 2 is 2.11 bits per heavy atom. The first kappa shape index (κ1) is 18.0. The first-order chi connectivity index (χ1) is 13.2. The van der Waals surface area contributed by atoms with Crippen LogP contribution >= 0.6 is 0 Å². The molecular formula is C21H28N4O2. The van der Waals surface area contributed by atoms with Gasteiger partial charge >= 0.3 is 0 Å². The summed E-state index contributed by atoms with van der Waals surface area (Å²) in [5.74, 6) is 1.72. The van der Waals surface area contributed by atoms with Gasteiger partial charge in [-0.15, -0.1) is 0 Å². The van der Waals surface area contributed by atoms with Crippen molar-refractivity contribution in [2.75, 3.05) is 19.7 Å². The van der Waals surface area contributed by atoms with Crippen LogP contribution in [0.4, 0.5) is 0 Å². The molecule has 1 unspecified atom stereocenters. The number of aromatic nitrogens is 2. The minimum atomic E-state index is 0.0462. The third kappa shape index (κ3) is 3.86. The predicted octanol–water partition coefficient (Wildman–Crippen LogP) is 2.45. The van der Waals surface area contributed by atoms with Crippen molar-refractivity contribution < 1.29 is 9.53 Å². The minimum absolute atomic E-state index is 0.0462. The monoisotopic (exact) mass is 368 g/mol. The van der Waals surface area contributed by atoms with Gasteiger partial charge < -0.3 is 19.5 Å². The van der Waals surface area contributed by atoms with Gasteiger partial charge in [-0.05, 0) is 56.8 Å². The van der Waals surface area contributed by atoms with E-state index in [1.54, 1.807) is 0 Å². The molecule has 1 aliphatic heterocycles. The molecule has 6 heteroatoms. The van der Waals surface area contributed by atoms with E-state index in [2.05, 4.69) is 21.8 Å². The third-order valence-corrected chi connectivity index (χ3v) is 6.00. The molecule has 1 saturated heterocycles. The van der Waals surface area contributed by atoms with E-state index in [4.69, 9.17) is 4.74 Å². The number of nitrogens with one attached hydrogen (secondary N) is 1. The third-order valence-electron chi connectivity index (χ3n) is 6.00. The summed E-state index contributed by atoms with van der Waals surface area (Å²) in [6.07, 6.45) is 7.17. The van der Waals surface area contributed by atoms with Crippen molar-refractivity contribution in [1.29, 1.82) is 0 Å². The van der Waals surface area contributed by atoms with Crippen LogP contribution in [-0.4, -0.2) is 46.1 Å². The molecule has 1 atom stereocenters. The van der Waals surface area contributed by atoms with Gasteiger partial charge in [0.15, 0.2) is 6.61 Å². The second-order valence-corrected chi connectivity index (χ2v) is 7.59. The van der Waals surface area contributed by atoms with Crippen LogP contribution in [0.5, 0.6) is 5.75 Å². The van der Waals surface area contributed by atoms with Gasteiger partial charge in [0.25, 0.3) is 5.91 Å². The van der Waals surface area contributed by atoms with Gasteiger partial charge in [-0.2, -0.15) is 0 Å². The van der Waals surface area contributed by atoms with Crippen LogP contribution in [0, 0.1) is 5.41 Å². The van der Waals surface area contributed by atoms with Crippen LogP contribution in [0.1, 0.15) is 32.0 Å². The Morgan fingerprint density at radius 3 is 2.85 bits per heavy atom. The van der Waals surface area contributed by atoms with Crippen LogP contribution < -0.4 is 10.1 Å². The fourth-order valence-corrected chi connectivity index (χ4v) is 4.28. The fourth-order valence-electron chi connectivity index (χ4n) is 4.28. The molecule has 1 N–H and O–H groups in total. The van der Waals surface area contributed by atoms with Crippen LogP contribution in [0.2, 0.25) is 0 Å². The Balaban J connectivity index is 1.48. The summed E-state index contributed by atoms with van der Waals surface area (Å²) in [5.41, 5.74) is 0.289. The lowest BCUT2D eigenvalue weighted by Crippen LogP contribution is -2.41. The van der Waals surface area contributed by atoms with Crippen molar-refractivity contribution in [3.8, 4) is 5.75 Å². The zero-order valence-electron chi connectivity index (χ0n) is 15.9. The lowest BCUT2D eigenvalue weighted by molar-refractivity contribution is -0.135. The number of rotatable bonds is 7. The minimum Gasteiger partial charge on any atom is -0.484 e. The van der Waals surface area contributed by atoms with E-state index in [0.29, 0.717) is 12.6 Å². The van der Waals surface area contributed by atoms with Crippen molar-refractivity contribution in [2.45, 2.75) is 45.3 Å². The zero-order valence-corrected chi connectivity index (χ0v) is 15.9. The standard InChI is InChI=1S/C21H28N4O2/c1-2-24-13-12-23-19(24)15-25(18-14-21(18)8-10-22-11-9-21)20(26)16-27-17-6-4-3-5-7-17/h3-7,12-13,18,22H,2,8-11,14-16H2,1H3. The SMILES string of the molecule is CCn1ccnc1CN(C(=O)COc1ccccc1)C1CC12CCNCC2. The molecule has 1 aliphatic carbocycles. The van der Waals surface area contributed by atoms with Crippen LogP contribution in [0.15, 0.2) is 42.7 Å². The summed E-state index contributed by atoms with van der Waals surface area (Å²) in [6, 6.07) is 9.84. The highest BCUT2D eigenvalue weighted by Crippen LogP contribution is 2.56. The lowest BCUT2D eigenvalue weighted by Gasteiger charge is -2.29. The molecular weight excluding hydrogens is 340 g/mol. The van der Waals surface area contributed by atoms with Gasteiger partial charge in [0.05, 0.1) is 6.54 Å². The molecule has 1 aromatic carbocycles. The van der Waals surface area contributed by atoms with Crippen molar-refractivity contribution in [1.82, 2.24) is 19.8 Å². The van der Waals surface area contributed by atoms with Crippen molar-refractivity contribution in [3.05, 3.63) is 48.5 Å². The smallest absolute Gasteiger partial charge is 0.261 e. The van der Waals surface area contributed by atoms with E-state index in [1.807, 2.05) is 47.6 Å². The molecule has 4 rings (SSSR count). The Labute approximate surface area is 160 Å². The number of piperidine rings is 1. The van der Waals surface area contributed by atoms with Crippen molar-refractivity contribution >= 4 is 5.91 Å². The number of amides is 1. The Kier molecular flexibility index (Phi) is 5.16. The van der Waals surface area contributed by atoms with E-state index in [0.717, 1.165) is 50.5 Å². The van der Waals surface area contributed by atoms with Crippen LogP contribution in [0.25, 0.3) is 0 Å². The highest BCUT2D eigenvalue weighted by atomic mass is 16.5. The van der Waals surface area contributed by atoms with E-state index >= 15 is 0 Å². The molecule has 0 bridgehead atoms. The molecule has 1 amide bonds. The first-order valence-electron chi connectivity index (χ1n) is 9.90. The molecule has 2 fully saturated rings. The highest BCUT2D eigenvalue weighted by Gasteiger charge is 2.57. The molecule has 2 heterocycles. The summed E-state index contributed by atoms with van der Waals surface area (Å²) < 4.78 is 7.85. The van der Waals surface area contributed by atoms with Gasteiger partial charge in [0, 0.05) is 25.0 Å². The number of ether oxygens (including phenoxy) is 1. The summed E-state index contributed by atoms with van der Waals surface area (Å²) >= 11 is 0. The van der Waals surface area contributed by atoms with E-state index < -0.39 is 0 Å². The average Bonchev–Trinajstić information content (AvgIpc) is 3.18. The molecule has 2 aliphatic rings. The molecule has 0 radical (unpaired) electrons. The number of imidazole rings is 1. The van der Waals surface area contributed by atoms with E-state index in [1.165, 1.54) is 0 Å². The van der Waals surface area contributed by atoms with Crippen molar-refractivity contribution in [3.63, 3.8) is 0 Å². The second-order valence-electron chi connectivity index (χ2n) is 7.59. The number of carbonyl (C=O) groups is 1. The van der Waals surface area contributed by atoms with Gasteiger partial charge in [-0.25, -0.2) is 4.98 Å². The van der Waals surface area contributed by atoms with E-state index in [-0.39, 0.29) is 17.9 Å². The number of aryl methyl sites for hydroxylation is 1. The van der Waals surface area contributed by atoms with Gasteiger partial charge in [0.1, 0.15) is 11.6 Å². The summed E-state index contributed by atoms with van der Waals surface area (Å²) in [4.78, 5) is 19.6. The van der Waals surface area contributed by atoms with Crippen LogP contribution in [0.3, 0.4) is 0 Å². The summed E-state index contributed by atoms with van der Waals surface area (Å²) in [7, 11) is 0. The Hall–Kier alpha value is -2.34. The van der Waals surface area contributed by atoms with E-state index in [9.17, 15) is 4.79 Å². The fraction of sp³-hybridized carbons (Fsp3) is 0.524. The largest absolute Gasteiger partial charge is 0.484 e. The van der Waals surface area contributed by atoms with Crippen LogP contribution in [-0.2, 0) is 17.9 Å². The van der Waals surface area contributed by atoms with Gasteiger partial charge in [-0.1, -0.05) is 18.2 Å². The first-order valence-corrected chi connectivity index (χ1v) is 9.90. The number of carbonyl (C=O) groups excluding carboxylic acids is 1. The molecule has 144 valence electrons. The number of para-hydroxylation sites is 1. The molecule has 1 spiro atoms. The molecule has 27 heavy (non-hydrogen) atoms. The highest BCUT2D eigenvalue weighted by molar-refractivity contribution is 5.78. The number of benzene rings is 1. The quantitative estimate of drug-likeness (QED) is 0.816. The predicted molar refractivity (Wildman–Crippen MR) is 103 cm³/mol. The second kappa shape index (κ2) is 7.72. The Bertz CT molecular complexity index is 767. The number of hydrogen-bond donors (Lipinski definition) is 1. The maximum atomic E-state index is 13.1. The Morgan fingerprint density at radius 1 is 1.33 bits per heavy atom. The van der Waals surface area contributed by atoms with Gasteiger partial charge in [-0.3, -0.25) is 4.79 Å². The molecule has 2 aromatic rings.